The third kappa shape index (κ3) is 5.24. The fourth-order valence-electron chi connectivity index (χ4n) is 8.93. The van der Waals surface area contributed by atoms with E-state index < -0.39 is 0 Å². The topological polar surface area (TPSA) is 3.24 Å². The predicted molar refractivity (Wildman–Crippen MR) is 216 cm³/mol. The van der Waals surface area contributed by atoms with Gasteiger partial charge in [-0.05, 0) is 103 Å². The van der Waals surface area contributed by atoms with Gasteiger partial charge in [-0.2, -0.15) is 0 Å². The Morgan fingerprint density at radius 1 is 0.588 bits per heavy atom. The highest BCUT2D eigenvalue weighted by molar-refractivity contribution is 6.20. The van der Waals surface area contributed by atoms with E-state index in [2.05, 4.69) is 187 Å². The molecule has 0 heterocycles. The molecule has 10 rings (SSSR count). The predicted octanol–water partition coefficient (Wildman–Crippen LogP) is 12.8. The first-order valence-corrected chi connectivity index (χ1v) is 18.4. The van der Waals surface area contributed by atoms with Crippen LogP contribution in [0.4, 0.5) is 0 Å². The molecule has 0 spiro atoms. The molecular weight excluding hydrogens is 615 g/mol. The van der Waals surface area contributed by atoms with Crippen LogP contribution in [0.5, 0.6) is 0 Å². The molecule has 0 saturated carbocycles. The summed E-state index contributed by atoms with van der Waals surface area (Å²) in [6, 6.07) is 45.0. The summed E-state index contributed by atoms with van der Waals surface area (Å²) < 4.78 is 0. The molecule has 1 heteroatoms. The van der Waals surface area contributed by atoms with Crippen molar-refractivity contribution in [1.82, 2.24) is 4.90 Å². The van der Waals surface area contributed by atoms with Gasteiger partial charge in [-0.25, -0.2) is 0 Å². The second-order valence-electron chi connectivity index (χ2n) is 14.3. The van der Waals surface area contributed by atoms with Crippen LogP contribution < -0.4 is 0 Å². The third-order valence-corrected chi connectivity index (χ3v) is 11.5. The van der Waals surface area contributed by atoms with Crippen LogP contribution in [0.3, 0.4) is 0 Å². The van der Waals surface area contributed by atoms with E-state index in [1.165, 1.54) is 77.1 Å². The Balaban J connectivity index is 1.01. The molecule has 0 amide bonds. The zero-order chi connectivity index (χ0) is 33.7. The molecule has 0 saturated heterocycles. The van der Waals surface area contributed by atoms with Crippen molar-refractivity contribution in [1.29, 1.82) is 0 Å². The maximum absolute atomic E-state index is 2.65. The first-order valence-electron chi connectivity index (χ1n) is 18.4. The Hall–Kier alpha value is -5.92. The molecule has 0 aliphatic heterocycles. The van der Waals surface area contributed by atoms with Gasteiger partial charge in [0.05, 0.1) is 6.04 Å². The molecule has 3 atom stereocenters. The SMILES string of the molecule is C1=CCC(c2ccccc2)C(N(C2=CCC3C(=C2)C=Cc2ccccc23)C2C=CC(c3ccc4c(ccc5ccc6ccccc6c54)c3)=CC2)=C1. The molecule has 0 fully saturated rings. The molecule has 0 radical (unpaired) electrons. The average Bonchev–Trinajstić information content (AvgIpc) is 3.21. The van der Waals surface area contributed by atoms with Gasteiger partial charge in [0.2, 0.25) is 0 Å². The Kier molecular flexibility index (Phi) is 7.31. The van der Waals surface area contributed by atoms with Crippen molar-refractivity contribution >= 4 is 44.0 Å². The van der Waals surface area contributed by atoms with Crippen LogP contribution in [0, 0.1) is 0 Å². The minimum Gasteiger partial charge on any atom is -0.338 e. The fourth-order valence-corrected chi connectivity index (χ4v) is 8.93. The second-order valence-corrected chi connectivity index (χ2v) is 14.3. The van der Waals surface area contributed by atoms with Gasteiger partial charge in [-0.1, -0.05) is 164 Å². The zero-order valence-corrected chi connectivity index (χ0v) is 28.6. The zero-order valence-electron chi connectivity index (χ0n) is 28.6. The quantitative estimate of drug-likeness (QED) is 0.167. The first-order chi connectivity index (χ1) is 25.3. The van der Waals surface area contributed by atoms with E-state index in [0.29, 0.717) is 11.8 Å². The monoisotopic (exact) mass is 653 g/mol. The summed E-state index contributed by atoms with van der Waals surface area (Å²) in [5.74, 6) is 0.722. The number of rotatable bonds is 5. The van der Waals surface area contributed by atoms with Gasteiger partial charge < -0.3 is 4.90 Å². The lowest BCUT2D eigenvalue weighted by Gasteiger charge is -2.41. The molecule has 4 aliphatic carbocycles. The molecule has 244 valence electrons. The molecule has 0 aromatic heterocycles. The lowest BCUT2D eigenvalue weighted by molar-refractivity contribution is 0.342. The number of hydrogen-bond donors (Lipinski definition) is 0. The Morgan fingerprint density at radius 2 is 1.39 bits per heavy atom. The lowest BCUT2D eigenvalue weighted by atomic mass is 9.78. The highest BCUT2D eigenvalue weighted by atomic mass is 15.2. The van der Waals surface area contributed by atoms with Gasteiger partial charge in [-0.3, -0.25) is 0 Å². The fraction of sp³-hybridized carbons (Fsp3) is 0.120. The number of fused-ring (bicyclic) bond motifs is 8. The summed E-state index contributed by atoms with van der Waals surface area (Å²) in [5, 5.41) is 7.85. The van der Waals surface area contributed by atoms with Gasteiger partial charge in [0, 0.05) is 23.2 Å². The standard InChI is InChI=1S/C50H39N/c1-2-10-35(11-3-1)46-15-8-9-17-49(46)51(43-29-31-45-41(33-43)22-19-36-12-4-6-14-44(36)45)42-27-24-34(25-28-42)39-26-30-48-40(32-39)23-21-38-20-18-37-13-5-7-16-47(37)50(38)48/h1-14,16-27,29-30,32-33,42,45-46H,15,28,31H2. The highest BCUT2D eigenvalue weighted by Gasteiger charge is 2.32. The van der Waals surface area contributed by atoms with E-state index in [1.807, 2.05) is 0 Å². The molecule has 3 unspecified atom stereocenters. The van der Waals surface area contributed by atoms with Crippen LogP contribution in [0.15, 0.2) is 193 Å². The Bertz CT molecular complexity index is 2570. The molecular formula is C50H39N. The van der Waals surface area contributed by atoms with Crippen LogP contribution in [0.1, 0.15) is 53.4 Å². The van der Waals surface area contributed by atoms with Crippen molar-refractivity contribution in [3.05, 3.63) is 215 Å². The molecule has 4 aliphatic rings. The summed E-state index contributed by atoms with van der Waals surface area (Å²) in [6.07, 6.45) is 26.8. The lowest BCUT2D eigenvalue weighted by Crippen LogP contribution is -2.36. The van der Waals surface area contributed by atoms with E-state index in [1.54, 1.807) is 0 Å². The maximum Gasteiger partial charge on any atom is 0.0557 e. The van der Waals surface area contributed by atoms with Crippen LogP contribution in [-0.2, 0) is 0 Å². The molecule has 6 aromatic rings. The molecule has 51 heavy (non-hydrogen) atoms. The molecule has 0 bridgehead atoms. The third-order valence-electron chi connectivity index (χ3n) is 11.5. The molecule has 6 aromatic carbocycles. The average molecular weight is 654 g/mol. The van der Waals surface area contributed by atoms with Crippen molar-refractivity contribution < 1.29 is 0 Å². The van der Waals surface area contributed by atoms with E-state index in [4.69, 9.17) is 0 Å². The largest absolute Gasteiger partial charge is 0.338 e. The Morgan fingerprint density at radius 3 is 2.29 bits per heavy atom. The van der Waals surface area contributed by atoms with Crippen LogP contribution >= 0.6 is 0 Å². The number of hydrogen-bond acceptors (Lipinski definition) is 1. The van der Waals surface area contributed by atoms with E-state index in [-0.39, 0.29) is 6.04 Å². The van der Waals surface area contributed by atoms with Gasteiger partial charge in [-0.15, -0.1) is 0 Å². The van der Waals surface area contributed by atoms with E-state index in [9.17, 15) is 0 Å². The van der Waals surface area contributed by atoms with Crippen LogP contribution in [-0.4, -0.2) is 10.9 Å². The second kappa shape index (κ2) is 12.4. The normalized spacial score (nSPS) is 20.7. The van der Waals surface area contributed by atoms with Crippen molar-refractivity contribution in [2.24, 2.45) is 0 Å². The molecule has 0 N–H and O–H groups in total. The van der Waals surface area contributed by atoms with Gasteiger partial charge in [0.1, 0.15) is 0 Å². The number of benzene rings is 6. The minimum atomic E-state index is 0.216. The van der Waals surface area contributed by atoms with Crippen molar-refractivity contribution in [2.45, 2.75) is 37.1 Å². The van der Waals surface area contributed by atoms with Crippen molar-refractivity contribution in [3.8, 4) is 0 Å². The Labute approximate surface area is 300 Å². The van der Waals surface area contributed by atoms with Crippen LogP contribution in [0.2, 0.25) is 0 Å². The van der Waals surface area contributed by atoms with Gasteiger partial charge in [0.15, 0.2) is 0 Å². The summed E-state index contributed by atoms with van der Waals surface area (Å²) in [5.41, 5.74) is 10.8. The number of nitrogens with zero attached hydrogens (tertiary/aromatic N) is 1. The van der Waals surface area contributed by atoms with Crippen molar-refractivity contribution in [2.75, 3.05) is 0 Å². The van der Waals surface area contributed by atoms with E-state index >= 15 is 0 Å². The minimum absolute atomic E-state index is 0.216. The maximum atomic E-state index is 2.65. The summed E-state index contributed by atoms with van der Waals surface area (Å²) >= 11 is 0. The first kappa shape index (κ1) is 29.9. The van der Waals surface area contributed by atoms with Crippen LogP contribution in [0.25, 0.3) is 44.0 Å². The summed E-state index contributed by atoms with van der Waals surface area (Å²) in [4.78, 5) is 2.65. The van der Waals surface area contributed by atoms with Gasteiger partial charge in [0.25, 0.3) is 0 Å². The smallest absolute Gasteiger partial charge is 0.0557 e. The number of allylic oxidation sites excluding steroid dienone is 10. The highest BCUT2D eigenvalue weighted by Crippen LogP contribution is 2.44. The summed E-state index contributed by atoms with van der Waals surface area (Å²) in [6.45, 7) is 0. The van der Waals surface area contributed by atoms with Gasteiger partial charge >= 0.3 is 0 Å². The molecule has 1 nitrogen and oxygen atoms in total. The van der Waals surface area contributed by atoms with Crippen molar-refractivity contribution in [3.63, 3.8) is 0 Å². The summed E-state index contributed by atoms with van der Waals surface area (Å²) in [7, 11) is 0. The van der Waals surface area contributed by atoms with E-state index in [0.717, 1.165) is 19.3 Å².